The molecule has 2 saturated carbocycles. The Balaban J connectivity index is 1.45. The molecule has 0 spiro atoms. The Morgan fingerprint density at radius 3 is 1.93 bits per heavy atom. The topological polar surface area (TPSA) is 26.3 Å². The van der Waals surface area contributed by atoms with Gasteiger partial charge in [0.2, 0.25) is 0 Å². The molecule has 0 radical (unpaired) electrons. The van der Waals surface area contributed by atoms with E-state index in [1.807, 2.05) is 30.3 Å². The van der Waals surface area contributed by atoms with Gasteiger partial charge in [0.25, 0.3) is 0 Å². The number of rotatable bonds is 5. The van der Waals surface area contributed by atoms with Gasteiger partial charge in [0.1, 0.15) is 6.10 Å². The van der Waals surface area contributed by atoms with Crippen molar-refractivity contribution in [2.45, 2.75) is 31.8 Å². The van der Waals surface area contributed by atoms with Crippen LogP contribution in [-0.2, 0) is 16.0 Å². The summed E-state index contributed by atoms with van der Waals surface area (Å²) in [6.45, 7) is 0. The largest absolute Gasteiger partial charge is 0.461 e. The predicted molar refractivity (Wildman–Crippen MR) is 120 cm³/mol. The SMILES string of the molecule is O=C(Cc1ccccc1)O[C@@H]1C[C@@H]2CC[C@H]1C2=C(c1ccccc1)c1ccccc1. The van der Waals surface area contributed by atoms with Crippen LogP contribution in [0.2, 0.25) is 0 Å². The van der Waals surface area contributed by atoms with Crippen LogP contribution < -0.4 is 0 Å². The van der Waals surface area contributed by atoms with Crippen molar-refractivity contribution >= 4 is 11.5 Å². The number of carbonyl (C=O) groups excluding carboxylic acids is 1. The van der Waals surface area contributed by atoms with Crippen molar-refractivity contribution in [3.8, 4) is 0 Å². The van der Waals surface area contributed by atoms with Crippen molar-refractivity contribution in [1.82, 2.24) is 0 Å². The summed E-state index contributed by atoms with van der Waals surface area (Å²) in [6, 6.07) is 31.2. The highest BCUT2D eigenvalue weighted by molar-refractivity contribution is 5.83. The van der Waals surface area contributed by atoms with E-state index in [0.717, 1.165) is 18.4 Å². The lowest BCUT2D eigenvalue weighted by molar-refractivity contribution is -0.150. The number of benzene rings is 3. The third-order valence-corrected chi connectivity index (χ3v) is 6.52. The monoisotopic (exact) mass is 394 g/mol. The Kier molecular flexibility index (Phi) is 5.23. The molecule has 3 atom stereocenters. The van der Waals surface area contributed by atoms with Crippen molar-refractivity contribution in [3.63, 3.8) is 0 Å². The van der Waals surface area contributed by atoms with Gasteiger partial charge in [-0.2, -0.15) is 0 Å². The maximum absolute atomic E-state index is 12.6. The molecule has 150 valence electrons. The van der Waals surface area contributed by atoms with Crippen molar-refractivity contribution < 1.29 is 9.53 Å². The number of esters is 1. The van der Waals surface area contributed by atoms with Crippen molar-refractivity contribution in [3.05, 3.63) is 113 Å². The zero-order chi connectivity index (χ0) is 20.3. The van der Waals surface area contributed by atoms with E-state index in [1.54, 1.807) is 0 Å². The summed E-state index contributed by atoms with van der Waals surface area (Å²) >= 11 is 0. The van der Waals surface area contributed by atoms with Crippen LogP contribution in [0.1, 0.15) is 36.0 Å². The second-order valence-electron chi connectivity index (χ2n) is 8.37. The van der Waals surface area contributed by atoms with Crippen LogP contribution in [0.5, 0.6) is 0 Å². The molecule has 30 heavy (non-hydrogen) atoms. The fourth-order valence-electron chi connectivity index (χ4n) is 5.27. The summed E-state index contributed by atoms with van der Waals surface area (Å²) in [7, 11) is 0. The lowest BCUT2D eigenvalue weighted by Gasteiger charge is -2.22. The second kappa shape index (κ2) is 8.31. The lowest BCUT2D eigenvalue weighted by atomic mass is 9.88. The van der Waals surface area contributed by atoms with Crippen LogP contribution in [-0.4, -0.2) is 12.1 Å². The highest BCUT2D eigenvalue weighted by Gasteiger charge is 2.47. The molecule has 2 bridgehead atoms. The van der Waals surface area contributed by atoms with Crippen LogP contribution in [0.25, 0.3) is 5.57 Å². The molecule has 0 aliphatic heterocycles. The third kappa shape index (κ3) is 3.70. The van der Waals surface area contributed by atoms with E-state index in [0.29, 0.717) is 18.3 Å². The molecule has 3 aromatic rings. The van der Waals surface area contributed by atoms with Crippen LogP contribution in [0.15, 0.2) is 96.6 Å². The van der Waals surface area contributed by atoms with Gasteiger partial charge in [-0.05, 0) is 47.4 Å². The molecule has 0 heterocycles. The molecule has 5 rings (SSSR count). The zero-order valence-electron chi connectivity index (χ0n) is 17.0. The minimum atomic E-state index is -0.112. The van der Waals surface area contributed by atoms with E-state index in [-0.39, 0.29) is 12.1 Å². The predicted octanol–water partition coefficient (Wildman–Crippen LogP) is 6.07. The average molecular weight is 395 g/mol. The molecule has 2 fully saturated rings. The Hall–Kier alpha value is -3.13. The van der Waals surface area contributed by atoms with Gasteiger partial charge in [0.05, 0.1) is 6.42 Å². The Morgan fingerprint density at radius 1 is 0.767 bits per heavy atom. The van der Waals surface area contributed by atoms with Gasteiger partial charge in [-0.3, -0.25) is 4.79 Å². The number of hydrogen-bond acceptors (Lipinski definition) is 2. The molecule has 0 aromatic heterocycles. The molecule has 3 aromatic carbocycles. The first-order valence-corrected chi connectivity index (χ1v) is 10.9. The maximum Gasteiger partial charge on any atom is 0.310 e. The van der Waals surface area contributed by atoms with E-state index < -0.39 is 0 Å². The van der Waals surface area contributed by atoms with E-state index in [9.17, 15) is 4.79 Å². The maximum atomic E-state index is 12.6. The van der Waals surface area contributed by atoms with Crippen LogP contribution >= 0.6 is 0 Å². The number of fused-ring (bicyclic) bond motifs is 2. The van der Waals surface area contributed by atoms with Crippen molar-refractivity contribution in [2.24, 2.45) is 11.8 Å². The molecule has 0 saturated heterocycles. The Morgan fingerprint density at radius 2 is 1.33 bits per heavy atom. The highest BCUT2D eigenvalue weighted by Crippen LogP contribution is 2.54. The first kappa shape index (κ1) is 18.9. The smallest absolute Gasteiger partial charge is 0.310 e. The van der Waals surface area contributed by atoms with Crippen molar-refractivity contribution in [1.29, 1.82) is 0 Å². The average Bonchev–Trinajstić information content (AvgIpc) is 3.33. The molecular formula is C28H26O2. The van der Waals surface area contributed by atoms with Gasteiger partial charge < -0.3 is 4.74 Å². The highest BCUT2D eigenvalue weighted by atomic mass is 16.5. The van der Waals surface area contributed by atoms with E-state index >= 15 is 0 Å². The van der Waals surface area contributed by atoms with Crippen LogP contribution in [0.3, 0.4) is 0 Å². The fourth-order valence-corrected chi connectivity index (χ4v) is 5.27. The molecule has 0 N–H and O–H groups in total. The van der Waals surface area contributed by atoms with Gasteiger partial charge in [0, 0.05) is 5.92 Å². The standard InChI is InChI=1S/C28H26O2/c29-26(18-20-10-4-1-5-11-20)30-25-19-23-16-17-24(25)28(23)27(21-12-6-2-7-13-21)22-14-8-3-9-15-22/h1-15,23-25H,16-19H2/t23-,24+,25+/m0/s1. The number of ether oxygens (including phenoxy) is 1. The molecule has 2 aliphatic carbocycles. The summed E-state index contributed by atoms with van der Waals surface area (Å²) in [5.41, 5.74) is 6.35. The molecule has 2 nitrogen and oxygen atoms in total. The van der Waals surface area contributed by atoms with E-state index in [4.69, 9.17) is 4.74 Å². The first-order chi connectivity index (χ1) is 14.8. The number of carbonyl (C=O) groups is 1. The lowest BCUT2D eigenvalue weighted by Crippen LogP contribution is -2.25. The number of hydrogen-bond donors (Lipinski definition) is 0. The Labute approximate surface area is 178 Å². The van der Waals surface area contributed by atoms with Crippen LogP contribution in [0, 0.1) is 11.8 Å². The van der Waals surface area contributed by atoms with E-state index in [1.165, 1.54) is 28.7 Å². The summed E-state index contributed by atoms with van der Waals surface area (Å²) in [5.74, 6) is 0.712. The molecule has 2 heteroatoms. The molecular weight excluding hydrogens is 368 g/mol. The quantitative estimate of drug-likeness (QED) is 0.491. The summed E-state index contributed by atoms with van der Waals surface area (Å²) in [6.07, 6.45) is 3.58. The molecule has 0 amide bonds. The summed E-state index contributed by atoms with van der Waals surface area (Å²) in [5, 5.41) is 0. The van der Waals surface area contributed by atoms with Crippen LogP contribution in [0.4, 0.5) is 0 Å². The van der Waals surface area contributed by atoms with E-state index in [2.05, 4.69) is 60.7 Å². The van der Waals surface area contributed by atoms with Gasteiger partial charge in [0.15, 0.2) is 0 Å². The van der Waals surface area contributed by atoms with Gasteiger partial charge in [-0.1, -0.05) is 96.6 Å². The fraction of sp³-hybridized carbons (Fsp3) is 0.250. The Bertz CT molecular complexity index is 996. The van der Waals surface area contributed by atoms with Gasteiger partial charge in [-0.25, -0.2) is 0 Å². The van der Waals surface area contributed by atoms with Crippen molar-refractivity contribution in [2.75, 3.05) is 0 Å². The van der Waals surface area contributed by atoms with Gasteiger partial charge >= 0.3 is 5.97 Å². The zero-order valence-corrected chi connectivity index (χ0v) is 17.0. The second-order valence-corrected chi connectivity index (χ2v) is 8.37. The third-order valence-electron chi connectivity index (χ3n) is 6.52. The summed E-state index contributed by atoms with van der Waals surface area (Å²) in [4.78, 5) is 12.6. The van der Waals surface area contributed by atoms with Gasteiger partial charge in [-0.15, -0.1) is 0 Å². The normalized spacial score (nSPS) is 22.1. The summed E-state index contributed by atoms with van der Waals surface area (Å²) < 4.78 is 6.03. The minimum Gasteiger partial charge on any atom is -0.461 e. The molecule has 2 aliphatic rings. The first-order valence-electron chi connectivity index (χ1n) is 10.9. The molecule has 0 unspecified atom stereocenters. The minimum absolute atomic E-state index is 0.00242.